The van der Waals surface area contributed by atoms with E-state index in [1.165, 1.54) is 12.1 Å². The van der Waals surface area contributed by atoms with E-state index in [-0.39, 0.29) is 11.3 Å². The SMILES string of the molecule is Cc1ccc(Oc2ccc(NC(=O)c3ccc(OC(F)(F)F)cc3)cc2)cc1. The first kappa shape index (κ1) is 19.3. The first-order chi connectivity index (χ1) is 13.3. The van der Waals surface area contributed by atoms with Crippen LogP contribution >= 0.6 is 0 Å². The number of hydrogen-bond donors (Lipinski definition) is 1. The van der Waals surface area contributed by atoms with Gasteiger partial charge in [0.1, 0.15) is 17.2 Å². The first-order valence-corrected chi connectivity index (χ1v) is 8.30. The predicted molar refractivity (Wildman–Crippen MR) is 98.8 cm³/mol. The van der Waals surface area contributed by atoms with Gasteiger partial charge in [0.25, 0.3) is 5.91 Å². The molecule has 0 spiro atoms. The van der Waals surface area contributed by atoms with E-state index in [4.69, 9.17) is 4.74 Å². The van der Waals surface area contributed by atoms with Crippen molar-refractivity contribution in [1.29, 1.82) is 0 Å². The number of carbonyl (C=O) groups excluding carboxylic acids is 1. The fraction of sp³-hybridized carbons (Fsp3) is 0.0952. The molecule has 4 nitrogen and oxygen atoms in total. The summed E-state index contributed by atoms with van der Waals surface area (Å²) in [4.78, 5) is 12.2. The van der Waals surface area contributed by atoms with Gasteiger partial charge in [0.15, 0.2) is 0 Å². The maximum atomic E-state index is 12.2. The molecule has 0 atom stereocenters. The molecule has 144 valence electrons. The molecule has 7 heteroatoms. The molecule has 1 amide bonds. The van der Waals surface area contributed by atoms with Crippen molar-refractivity contribution in [3.8, 4) is 17.2 Å². The maximum Gasteiger partial charge on any atom is 0.573 e. The third kappa shape index (κ3) is 5.51. The first-order valence-electron chi connectivity index (χ1n) is 8.30. The standard InChI is InChI=1S/C21H16F3NO3/c1-14-2-8-17(9-3-14)27-18-12-6-16(7-13-18)25-20(26)15-4-10-19(11-5-15)28-21(22,23)24/h2-13H,1H3,(H,25,26). The third-order valence-corrected chi connectivity index (χ3v) is 3.72. The van der Waals surface area contributed by atoms with E-state index in [9.17, 15) is 18.0 Å². The molecule has 0 aliphatic carbocycles. The van der Waals surface area contributed by atoms with Crippen LogP contribution in [0.5, 0.6) is 17.2 Å². The number of benzene rings is 3. The van der Waals surface area contributed by atoms with Crippen LogP contribution in [0.25, 0.3) is 0 Å². The summed E-state index contributed by atoms with van der Waals surface area (Å²) >= 11 is 0. The van der Waals surface area contributed by atoms with Crippen LogP contribution in [0.3, 0.4) is 0 Å². The highest BCUT2D eigenvalue weighted by Gasteiger charge is 2.31. The molecule has 0 saturated carbocycles. The van der Waals surface area contributed by atoms with Crippen molar-refractivity contribution in [2.45, 2.75) is 13.3 Å². The lowest BCUT2D eigenvalue weighted by molar-refractivity contribution is -0.274. The number of aryl methyl sites for hydroxylation is 1. The monoisotopic (exact) mass is 387 g/mol. The van der Waals surface area contributed by atoms with E-state index in [0.29, 0.717) is 17.2 Å². The molecule has 0 aliphatic rings. The normalized spacial score (nSPS) is 11.0. The van der Waals surface area contributed by atoms with Crippen molar-refractivity contribution in [2.24, 2.45) is 0 Å². The summed E-state index contributed by atoms with van der Waals surface area (Å²) < 4.78 is 46.0. The molecule has 3 aromatic carbocycles. The van der Waals surface area contributed by atoms with Gasteiger partial charge < -0.3 is 14.8 Å². The molecule has 0 saturated heterocycles. The Labute approximate surface area is 159 Å². The molecule has 0 unspecified atom stereocenters. The number of anilines is 1. The molecular formula is C21H16F3NO3. The Morgan fingerprint density at radius 3 is 1.82 bits per heavy atom. The van der Waals surface area contributed by atoms with Gasteiger partial charge in [-0.25, -0.2) is 0 Å². The molecule has 0 bridgehead atoms. The summed E-state index contributed by atoms with van der Waals surface area (Å²) in [5.74, 6) is 0.464. The van der Waals surface area contributed by atoms with Crippen LogP contribution in [0.4, 0.5) is 18.9 Å². The predicted octanol–water partition coefficient (Wildman–Crippen LogP) is 5.94. The number of rotatable bonds is 5. The Morgan fingerprint density at radius 1 is 0.786 bits per heavy atom. The minimum atomic E-state index is -4.77. The van der Waals surface area contributed by atoms with Gasteiger partial charge in [0.2, 0.25) is 0 Å². The molecule has 1 N–H and O–H groups in total. The molecule has 0 aromatic heterocycles. The summed E-state index contributed by atoms with van der Waals surface area (Å²) in [6.07, 6.45) is -4.77. The lowest BCUT2D eigenvalue weighted by Gasteiger charge is -2.10. The van der Waals surface area contributed by atoms with E-state index in [1.807, 2.05) is 31.2 Å². The number of halogens is 3. The Kier molecular flexibility index (Phi) is 5.54. The van der Waals surface area contributed by atoms with Crippen LogP contribution in [-0.4, -0.2) is 12.3 Å². The van der Waals surface area contributed by atoms with Crippen LogP contribution in [-0.2, 0) is 0 Å². The second-order valence-electron chi connectivity index (χ2n) is 5.97. The zero-order valence-corrected chi connectivity index (χ0v) is 14.8. The average molecular weight is 387 g/mol. The topological polar surface area (TPSA) is 47.6 Å². The maximum absolute atomic E-state index is 12.2. The van der Waals surface area contributed by atoms with Gasteiger partial charge in [-0.1, -0.05) is 17.7 Å². The second-order valence-corrected chi connectivity index (χ2v) is 5.97. The van der Waals surface area contributed by atoms with Crippen LogP contribution in [0, 0.1) is 6.92 Å². The lowest BCUT2D eigenvalue weighted by atomic mass is 10.2. The van der Waals surface area contributed by atoms with Gasteiger partial charge in [-0.05, 0) is 67.6 Å². The van der Waals surface area contributed by atoms with Crippen LogP contribution in [0.2, 0.25) is 0 Å². The molecule has 3 rings (SSSR count). The fourth-order valence-electron chi connectivity index (χ4n) is 2.36. The summed E-state index contributed by atoms with van der Waals surface area (Å²) in [5.41, 5.74) is 1.86. The average Bonchev–Trinajstić information content (AvgIpc) is 2.64. The zero-order valence-electron chi connectivity index (χ0n) is 14.8. The molecule has 0 heterocycles. The molecule has 0 aliphatic heterocycles. The highest BCUT2D eigenvalue weighted by molar-refractivity contribution is 6.04. The van der Waals surface area contributed by atoms with Gasteiger partial charge in [0.05, 0.1) is 0 Å². The largest absolute Gasteiger partial charge is 0.573 e. The summed E-state index contributed by atoms with van der Waals surface area (Å²) in [7, 11) is 0. The van der Waals surface area contributed by atoms with Crippen LogP contribution in [0.15, 0.2) is 72.8 Å². The minimum Gasteiger partial charge on any atom is -0.457 e. The summed E-state index contributed by atoms with van der Waals surface area (Å²) in [6, 6.07) is 19.0. The molecule has 3 aromatic rings. The summed E-state index contributed by atoms with van der Waals surface area (Å²) in [5, 5.41) is 2.67. The van der Waals surface area contributed by atoms with Gasteiger partial charge in [-0.2, -0.15) is 0 Å². The minimum absolute atomic E-state index is 0.203. The quantitative estimate of drug-likeness (QED) is 0.590. The Bertz CT molecular complexity index is 935. The van der Waals surface area contributed by atoms with Crippen molar-refractivity contribution in [2.75, 3.05) is 5.32 Å². The van der Waals surface area contributed by atoms with Crippen molar-refractivity contribution in [3.05, 3.63) is 83.9 Å². The smallest absolute Gasteiger partial charge is 0.457 e. The molecule has 0 radical (unpaired) electrons. The molecule has 28 heavy (non-hydrogen) atoms. The van der Waals surface area contributed by atoms with Gasteiger partial charge in [-0.3, -0.25) is 4.79 Å². The van der Waals surface area contributed by atoms with E-state index >= 15 is 0 Å². The molecular weight excluding hydrogens is 371 g/mol. The van der Waals surface area contributed by atoms with Crippen LogP contribution < -0.4 is 14.8 Å². The van der Waals surface area contributed by atoms with Crippen molar-refractivity contribution >= 4 is 11.6 Å². The second kappa shape index (κ2) is 8.04. The number of hydrogen-bond acceptors (Lipinski definition) is 3. The fourth-order valence-corrected chi connectivity index (χ4v) is 2.36. The summed E-state index contributed by atoms with van der Waals surface area (Å²) in [6.45, 7) is 1.98. The Balaban J connectivity index is 1.60. The van der Waals surface area contributed by atoms with Gasteiger partial charge in [0, 0.05) is 11.3 Å². The number of ether oxygens (including phenoxy) is 2. The zero-order chi connectivity index (χ0) is 20.1. The van der Waals surface area contributed by atoms with Crippen LogP contribution in [0.1, 0.15) is 15.9 Å². The Morgan fingerprint density at radius 2 is 1.29 bits per heavy atom. The number of alkyl halides is 3. The van der Waals surface area contributed by atoms with Gasteiger partial charge >= 0.3 is 6.36 Å². The Hall–Kier alpha value is -3.48. The van der Waals surface area contributed by atoms with Gasteiger partial charge in [-0.15, -0.1) is 13.2 Å². The van der Waals surface area contributed by atoms with Crippen molar-refractivity contribution in [3.63, 3.8) is 0 Å². The highest BCUT2D eigenvalue weighted by Crippen LogP contribution is 2.25. The van der Waals surface area contributed by atoms with E-state index in [1.54, 1.807) is 24.3 Å². The number of amides is 1. The lowest BCUT2D eigenvalue weighted by Crippen LogP contribution is -2.17. The van der Waals surface area contributed by atoms with E-state index in [2.05, 4.69) is 10.1 Å². The molecule has 0 fully saturated rings. The number of nitrogens with one attached hydrogen (secondary N) is 1. The van der Waals surface area contributed by atoms with Crippen molar-refractivity contribution < 1.29 is 27.4 Å². The number of carbonyl (C=O) groups is 1. The van der Waals surface area contributed by atoms with E-state index < -0.39 is 12.3 Å². The van der Waals surface area contributed by atoms with Crippen molar-refractivity contribution in [1.82, 2.24) is 0 Å². The van der Waals surface area contributed by atoms with E-state index in [0.717, 1.165) is 17.7 Å². The third-order valence-electron chi connectivity index (χ3n) is 3.72. The highest BCUT2D eigenvalue weighted by atomic mass is 19.4.